The molecule has 4 atom stereocenters. The minimum atomic E-state index is -0.133. The quantitative estimate of drug-likeness (QED) is 0.234. The topological polar surface area (TPSA) is 0 Å². The molecular weight excluding hydrogens is 487 g/mol. The van der Waals surface area contributed by atoms with Gasteiger partial charge < -0.3 is 8.97 Å². The van der Waals surface area contributed by atoms with Gasteiger partial charge in [-0.15, -0.1) is 11.8 Å². The molecule has 0 amide bonds. The van der Waals surface area contributed by atoms with Gasteiger partial charge in [-0.25, -0.2) is 4.39 Å². The minimum absolute atomic E-state index is 0.133. The summed E-state index contributed by atoms with van der Waals surface area (Å²) in [5, 5.41) is 0. The first kappa shape index (κ1) is 28.9. The third kappa shape index (κ3) is 7.00. The zero-order valence-electron chi connectivity index (χ0n) is 25.3. The lowest BCUT2D eigenvalue weighted by molar-refractivity contribution is -0.923. The maximum absolute atomic E-state index is 13.5. The molecule has 214 valence electrons. The summed E-state index contributed by atoms with van der Waals surface area (Å²) in [4.78, 5) is 1.21. The number of hydrogen-bond donors (Lipinski definition) is 0. The second-order valence-corrected chi connectivity index (χ2v) is 17.6. The Morgan fingerprint density at radius 2 is 1.16 bits per heavy atom. The summed E-state index contributed by atoms with van der Waals surface area (Å²) in [6, 6.07) is 7.17. The average molecular weight is 545 g/mol. The zero-order chi connectivity index (χ0) is 27.0. The lowest BCUT2D eigenvalue weighted by Crippen LogP contribution is -2.50. The van der Waals surface area contributed by atoms with Gasteiger partial charge in [-0.05, 0) is 87.5 Å². The second kappa shape index (κ2) is 11.4. The highest BCUT2D eigenvalue weighted by Gasteiger charge is 2.50. The summed E-state index contributed by atoms with van der Waals surface area (Å²) in [7, 11) is 0. The van der Waals surface area contributed by atoms with Crippen LogP contribution in [0.4, 0.5) is 4.39 Å². The molecule has 4 aliphatic rings. The Morgan fingerprint density at radius 1 is 0.684 bits per heavy atom. The molecule has 0 aliphatic carbocycles. The lowest BCUT2D eigenvalue weighted by Gasteiger charge is -2.39. The van der Waals surface area contributed by atoms with E-state index >= 15 is 0 Å². The van der Waals surface area contributed by atoms with Crippen molar-refractivity contribution in [2.45, 2.75) is 102 Å². The lowest BCUT2D eigenvalue weighted by atomic mass is 9.71. The normalized spacial score (nSPS) is 31.3. The van der Waals surface area contributed by atoms with Crippen molar-refractivity contribution in [2.24, 2.45) is 29.1 Å². The van der Waals surface area contributed by atoms with Gasteiger partial charge in [0.15, 0.2) is 0 Å². The first-order valence-corrected chi connectivity index (χ1v) is 16.9. The summed E-state index contributed by atoms with van der Waals surface area (Å²) in [6.07, 6.45) is 12.8. The van der Waals surface area contributed by atoms with Gasteiger partial charge in [-0.1, -0.05) is 34.6 Å². The first-order chi connectivity index (χ1) is 18.0. The molecule has 0 N–H and O–H groups in total. The van der Waals surface area contributed by atoms with E-state index in [-0.39, 0.29) is 10.6 Å². The maximum atomic E-state index is 13.5. The number of halogens is 1. The van der Waals surface area contributed by atoms with Crippen molar-refractivity contribution in [3.8, 4) is 0 Å². The molecule has 0 radical (unpaired) electrons. The number of nitrogens with zero attached hydrogens (tertiary/aromatic N) is 2. The van der Waals surface area contributed by atoms with Crippen molar-refractivity contribution >= 4 is 11.8 Å². The fourth-order valence-corrected chi connectivity index (χ4v) is 10.9. The molecule has 1 aromatic carbocycles. The van der Waals surface area contributed by atoms with E-state index in [1.807, 2.05) is 23.9 Å². The van der Waals surface area contributed by atoms with Gasteiger partial charge in [0.2, 0.25) is 0 Å². The molecule has 0 saturated carbocycles. The van der Waals surface area contributed by atoms with Crippen molar-refractivity contribution < 1.29 is 13.4 Å². The smallest absolute Gasteiger partial charge is 0.123 e. The van der Waals surface area contributed by atoms with Crippen LogP contribution in [-0.2, 0) is 0 Å². The Kier molecular flexibility index (Phi) is 8.65. The monoisotopic (exact) mass is 544 g/mol. The van der Waals surface area contributed by atoms with E-state index in [1.165, 1.54) is 124 Å². The predicted octanol–water partition coefficient (Wildman–Crippen LogP) is 8.41. The molecule has 0 aromatic heterocycles. The van der Waals surface area contributed by atoms with Gasteiger partial charge in [-0.3, -0.25) is 0 Å². The van der Waals surface area contributed by atoms with Gasteiger partial charge in [0.1, 0.15) is 5.82 Å². The minimum Gasteiger partial charge on any atom is -0.323 e. The standard InChI is InChI=1S/C34H57FN2S/c1-27-23-36(16-8-6-9-17-36)24-28(27)20-33(2,3)21-29-25-37(18-10-7-11-19-37)26-30(29)22-34(4,5)38-32-14-12-31(35)13-15-32/h12-15,27-30H,6-11,16-26H2,1-5H3/q+2. The van der Waals surface area contributed by atoms with E-state index in [2.05, 4.69) is 34.6 Å². The Morgan fingerprint density at radius 3 is 1.74 bits per heavy atom. The largest absolute Gasteiger partial charge is 0.323 e. The van der Waals surface area contributed by atoms with Crippen LogP contribution in [0, 0.1) is 34.9 Å². The number of quaternary nitrogens is 2. The molecule has 2 spiro atoms. The van der Waals surface area contributed by atoms with Crippen LogP contribution in [0.5, 0.6) is 0 Å². The van der Waals surface area contributed by atoms with E-state index in [9.17, 15) is 4.39 Å². The molecule has 4 heteroatoms. The van der Waals surface area contributed by atoms with Gasteiger partial charge in [0, 0.05) is 33.3 Å². The molecule has 38 heavy (non-hydrogen) atoms. The SMILES string of the molecule is CC1C[N+]2(CCCCC2)CC1CC(C)(C)CC1C[N+]2(CCCCC2)CC1CC(C)(C)Sc1ccc(F)cc1. The summed E-state index contributed by atoms with van der Waals surface area (Å²) in [5.41, 5.74) is 0.421. The Balaban J connectivity index is 1.26. The zero-order valence-corrected chi connectivity index (χ0v) is 26.1. The van der Waals surface area contributed by atoms with E-state index in [4.69, 9.17) is 0 Å². The molecule has 0 bridgehead atoms. The molecule has 4 heterocycles. The van der Waals surface area contributed by atoms with Gasteiger partial charge >= 0.3 is 0 Å². The van der Waals surface area contributed by atoms with Gasteiger partial charge in [0.05, 0.1) is 52.4 Å². The molecule has 4 unspecified atom stereocenters. The number of thioether (sulfide) groups is 1. The summed E-state index contributed by atoms with van der Waals surface area (Å²) < 4.78 is 16.5. The highest BCUT2D eigenvalue weighted by molar-refractivity contribution is 8.00. The fourth-order valence-electron chi connectivity index (χ4n) is 9.70. The summed E-state index contributed by atoms with van der Waals surface area (Å²) >= 11 is 1.96. The van der Waals surface area contributed by atoms with E-state index in [0.29, 0.717) is 5.41 Å². The molecule has 4 aliphatic heterocycles. The Hall–Kier alpha value is -0.580. The van der Waals surface area contributed by atoms with Crippen LogP contribution < -0.4 is 0 Å². The third-order valence-corrected chi connectivity index (χ3v) is 12.4. The highest BCUT2D eigenvalue weighted by Crippen LogP contribution is 2.49. The van der Waals surface area contributed by atoms with Crippen LogP contribution >= 0.6 is 11.8 Å². The molecule has 4 fully saturated rings. The summed E-state index contributed by atoms with van der Waals surface area (Å²) in [6.45, 7) is 24.1. The van der Waals surface area contributed by atoms with E-state index in [0.717, 1.165) is 23.7 Å². The third-order valence-electron chi connectivity index (χ3n) is 11.1. The first-order valence-electron chi connectivity index (χ1n) is 16.1. The Labute approximate surface area is 238 Å². The molecule has 4 saturated heterocycles. The van der Waals surface area contributed by atoms with Crippen LogP contribution in [0.15, 0.2) is 29.2 Å². The molecule has 5 rings (SSSR count). The van der Waals surface area contributed by atoms with Crippen molar-refractivity contribution in [2.75, 3.05) is 52.4 Å². The van der Waals surface area contributed by atoms with Crippen LogP contribution in [0.3, 0.4) is 0 Å². The number of rotatable bonds is 8. The highest BCUT2D eigenvalue weighted by atomic mass is 32.2. The maximum Gasteiger partial charge on any atom is 0.123 e. The van der Waals surface area contributed by atoms with Crippen molar-refractivity contribution in [1.29, 1.82) is 0 Å². The van der Waals surface area contributed by atoms with Gasteiger partial charge in [-0.2, -0.15) is 0 Å². The van der Waals surface area contributed by atoms with Crippen LogP contribution in [0.2, 0.25) is 0 Å². The van der Waals surface area contributed by atoms with E-state index < -0.39 is 0 Å². The van der Waals surface area contributed by atoms with Crippen molar-refractivity contribution in [1.82, 2.24) is 0 Å². The van der Waals surface area contributed by atoms with Gasteiger partial charge in [0.25, 0.3) is 0 Å². The van der Waals surface area contributed by atoms with Crippen LogP contribution in [0.1, 0.15) is 92.4 Å². The van der Waals surface area contributed by atoms with Crippen molar-refractivity contribution in [3.05, 3.63) is 30.1 Å². The Bertz CT molecular complexity index is 913. The predicted molar refractivity (Wildman–Crippen MR) is 161 cm³/mol. The van der Waals surface area contributed by atoms with Crippen LogP contribution in [-0.4, -0.2) is 66.1 Å². The number of benzene rings is 1. The van der Waals surface area contributed by atoms with E-state index in [1.54, 1.807) is 12.1 Å². The average Bonchev–Trinajstić information content (AvgIpc) is 3.30. The number of piperidine rings is 2. The number of hydrogen-bond acceptors (Lipinski definition) is 1. The second-order valence-electron chi connectivity index (χ2n) is 15.8. The van der Waals surface area contributed by atoms with Crippen molar-refractivity contribution in [3.63, 3.8) is 0 Å². The summed E-state index contributed by atoms with van der Waals surface area (Å²) in [5.74, 6) is 3.30. The molecule has 1 aromatic rings. The molecular formula is C34H57FN2S+2. The van der Waals surface area contributed by atoms with Crippen LogP contribution in [0.25, 0.3) is 0 Å². The fraction of sp³-hybridized carbons (Fsp3) is 0.824. The molecule has 2 nitrogen and oxygen atoms in total.